The van der Waals surface area contributed by atoms with Crippen LogP contribution in [0.25, 0.3) is 0 Å². The average Bonchev–Trinajstić information content (AvgIpc) is 2.42. The molecule has 1 saturated heterocycles. The van der Waals surface area contributed by atoms with Gasteiger partial charge in [0.15, 0.2) is 5.96 Å². The fourth-order valence-electron chi connectivity index (χ4n) is 2.07. The summed E-state index contributed by atoms with van der Waals surface area (Å²) in [5.41, 5.74) is 8.63. The maximum Gasteiger partial charge on any atom is 0.191 e. The van der Waals surface area contributed by atoms with Crippen molar-refractivity contribution in [1.82, 2.24) is 4.90 Å². The van der Waals surface area contributed by atoms with Gasteiger partial charge in [-0.15, -0.1) is 24.0 Å². The molecule has 0 radical (unpaired) electrons. The Hall–Kier alpha value is -0.820. The fourth-order valence-corrected chi connectivity index (χ4v) is 2.07. The molecule has 106 valence electrons. The first-order valence-electron chi connectivity index (χ1n) is 6.44. The van der Waals surface area contributed by atoms with E-state index in [1.807, 2.05) is 0 Å². The molecule has 5 heteroatoms. The Kier molecular flexibility index (Phi) is 7.15. The van der Waals surface area contributed by atoms with Crippen LogP contribution in [-0.4, -0.2) is 43.7 Å². The Morgan fingerprint density at radius 2 is 2.00 bits per heavy atom. The van der Waals surface area contributed by atoms with Crippen molar-refractivity contribution in [2.24, 2.45) is 10.7 Å². The highest BCUT2D eigenvalue weighted by atomic mass is 127. The van der Waals surface area contributed by atoms with E-state index >= 15 is 0 Å². The molecule has 1 aromatic rings. The number of nitrogens with two attached hydrogens (primary N) is 1. The van der Waals surface area contributed by atoms with Crippen LogP contribution in [-0.2, 0) is 11.2 Å². The number of nitrogens with zero attached hydrogens (tertiary/aromatic N) is 2. The van der Waals surface area contributed by atoms with Crippen LogP contribution in [0.3, 0.4) is 0 Å². The minimum absolute atomic E-state index is 0. The smallest absolute Gasteiger partial charge is 0.191 e. The van der Waals surface area contributed by atoms with Gasteiger partial charge in [-0.2, -0.15) is 0 Å². The molecule has 1 fully saturated rings. The minimum atomic E-state index is 0. The van der Waals surface area contributed by atoms with Gasteiger partial charge in [-0.3, -0.25) is 4.99 Å². The zero-order chi connectivity index (χ0) is 12.8. The van der Waals surface area contributed by atoms with Gasteiger partial charge in [0.2, 0.25) is 0 Å². The molecular weight excluding hydrogens is 353 g/mol. The zero-order valence-corrected chi connectivity index (χ0v) is 13.7. The molecule has 0 unspecified atom stereocenters. The van der Waals surface area contributed by atoms with E-state index in [0.717, 1.165) is 39.3 Å². The van der Waals surface area contributed by atoms with Gasteiger partial charge >= 0.3 is 0 Å². The quantitative estimate of drug-likeness (QED) is 0.498. The van der Waals surface area contributed by atoms with Crippen molar-refractivity contribution < 1.29 is 4.74 Å². The Morgan fingerprint density at radius 1 is 1.32 bits per heavy atom. The molecule has 0 spiro atoms. The maximum atomic E-state index is 5.97. The van der Waals surface area contributed by atoms with E-state index in [2.05, 4.69) is 41.1 Å². The summed E-state index contributed by atoms with van der Waals surface area (Å²) in [5, 5.41) is 0. The lowest BCUT2D eigenvalue weighted by molar-refractivity contribution is 0.0674. The molecule has 0 saturated carbocycles. The summed E-state index contributed by atoms with van der Waals surface area (Å²) in [7, 11) is 0. The Morgan fingerprint density at radius 3 is 2.68 bits per heavy atom. The van der Waals surface area contributed by atoms with E-state index in [9.17, 15) is 0 Å². The molecule has 0 atom stereocenters. The molecule has 1 heterocycles. The largest absolute Gasteiger partial charge is 0.378 e. The molecule has 0 bridgehead atoms. The number of morpholine rings is 1. The number of aryl methyl sites for hydroxylation is 1. The number of halogens is 1. The van der Waals surface area contributed by atoms with Gasteiger partial charge in [0.25, 0.3) is 0 Å². The predicted molar refractivity (Wildman–Crippen MR) is 89.2 cm³/mol. The van der Waals surface area contributed by atoms with Crippen LogP contribution in [0.4, 0.5) is 0 Å². The Bertz CT molecular complexity index is 417. The molecular formula is C14H22IN3O. The highest BCUT2D eigenvalue weighted by molar-refractivity contribution is 14.0. The minimum Gasteiger partial charge on any atom is -0.378 e. The normalized spacial score (nSPS) is 16.1. The van der Waals surface area contributed by atoms with Crippen LogP contribution in [0, 0.1) is 6.92 Å². The van der Waals surface area contributed by atoms with Crippen LogP contribution >= 0.6 is 24.0 Å². The lowest BCUT2D eigenvalue weighted by atomic mass is 10.1. The average molecular weight is 375 g/mol. The first-order valence-corrected chi connectivity index (χ1v) is 6.44. The highest BCUT2D eigenvalue weighted by Crippen LogP contribution is 2.07. The van der Waals surface area contributed by atoms with Crippen molar-refractivity contribution >= 4 is 29.9 Å². The SMILES string of the molecule is Cc1ccccc1CCN=C(N)N1CCOCC1.I. The molecule has 2 rings (SSSR count). The summed E-state index contributed by atoms with van der Waals surface area (Å²) in [4.78, 5) is 6.53. The van der Waals surface area contributed by atoms with Crippen LogP contribution in [0.15, 0.2) is 29.3 Å². The topological polar surface area (TPSA) is 50.8 Å². The Labute approximate surface area is 132 Å². The number of aliphatic imine (C=N–C) groups is 1. The van der Waals surface area contributed by atoms with Gasteiger partial charge < -0.3 is 15.4 Å². The summed E-state index contributed by atoms with van der Waals surface area (Å²) in [6.45, 7) is 6.06. The second-order valence-corrected chi connectivity index (χ2v) is 4.52. The van der Waals surface area contributed by atoms with Crippen molar-refractivity contribution in [2.75, 3.05) is 32.8 Å². The molecule has 2 N–H and O–H groups in total. The van der Waals surface area contributed by atoms with Gasteiger partial charge in [-0.05, 0) is 24.5 Å². The maximum absolute atomic E-state index is 5.97. The number of guanidine groups is 1. The third-order valence-corrected chi connectivity index (χ3v) is 3.25. The molecule has 0 amide bonds. The summed E-state index contributed by atoms with van der Waals surface area (Å²) >= 11 is 0. The van der Waals surface area contributed by atoms with E-state index < -0.39 is 0 Å². The van der Waals surface area contributed by atoms with Crippen LogP contribution in [0.1, 0.15) is 11.1 Å². The van der Waals surface area contributed by atoms with Gasteiger partial charge in [-0.1, -0.05) is 24.3 Å². The first-order chi connectivity index (χ1) is 8.77. The van der Waals surface area contributed by atoms with E-state index in [-0.39, 0.29) is 24.0 Å². The number of hydrogen-bond donors (Lipinski definition) is 1. The predicted octanol–water partition coefficient (Wildman–Crippen LogP) is 1.80. The van der Waals surface area contributed by atoms with Crippen LogP contribution in [0.5, 0.6) is 0 Å². The van der Waals surface area contributed by atoms with E-state index in [1.165, 1.54) is 11.1 Å². The van der Waals surface area contributed by atoms with Gasteiger partial charge in [0.1, 0.15) is 0 Å². The zero-order valence-electron chi connectivity index (χ0n) is 11.3. The first kappa shape index (κ1) is 16.2. The lowest BCUT2D eigenvalue weighted by Crippen LogP contribution is -2.44. The second-order valence-electron chi connectivity index (χ2n) is 4.52. The van der Waals surface area contributed by atoms with Crippen molar-refractivity contribution in [2.45, 2.75) is 13.3 Å². The third-order valence-electron chi connectivity index (χ3n) is 3.25. The van der Waals surface area contributed by atoms with Crippen molar-refractivity contribution in [3.05, 3.63) is 35.4 Å². The van der Waals surface area contributed by atoms with Gasteiger partial charge in [0, 0.05) is 19.6 Å². The number of rotatable bonds is 3. The van der Waals surface area contributed by atoms with Crippen LogP contribution < -0.4 is 5.73 Å². The Balaban J connectivity index is 0.00000180. The van der Waals surface area contributed by atoms with Gasteiger partial charge in [-0.25, -0.2) is 0 Å². The van der Waals surface area contributed by atoms with Crippen LogP contribution in [0.2, 0.25) is 0 Å². The summed E-state index contributed by atoms with van der Waals surface area (Å²) in [6.07, 6.45) is 0.942. The summed E-state index contributed by atoms with van der Waals surface area (Å²) < 4.78 is 5.29. The third kappa shape index (κ3) is 4.99. The summed E-state index contributed by atoms with van der Waals surface area (Å²) in [6, 6.07) is 8.40. The number of hydrogen-bond acceptors (Lipinski definition) is 2. The lowest BCUT2D eigenvalue weighted by Gasteiger charge is -2.27. The standard InChI is InChI=1S/C14H21N3O.HI/c1-12-4-2-3-5-13(12)6-7-16-14(15)17-8-10-18-11-9-17;/h2-5H,6-11H2,1H3,(H2,15,16);1H. The molecule has 1 aliphatic heterocycles. The molecule has 0 aliphatic carbocycles. The molecule has 1 aromatic carbocycles. The van der Waals surface area contributed by atoms with Crippen molar-refractivity contribution in [1.29, 1.82) is 0 Å². The highest BCUT2D eigenvalue weighted by Gasteiger charge is 2.11. The van der Waals surface area contributed by atoms with Gasteiger partial charge in [0.05, 0.1) is 13.2 Å². The second kappa shape index (κ2) is 8.37. The van der Waals surface area contributed by atoms with E-state index in [4.69, 9.17) is 10.5 Å². The molecule has 19 heavy (non-hydrogen) atoms. The van der Waals surface area contributed by atoms with E-state index in [1.54, 1.807) is 0 Å². The van der Waals surface area contributed by atoms with Crippen molar-refractivity contribution in [3.63, 3.8) is 0 Å². The number of ether oxygens (including phenoxy) is 1. The van der Waals surface area contributed by atoms with Crippen molar-refractivity contribution in [3.8, 4) is 0 Å². The number of benzene rings is 1. The molecule has 0 aromatic heterocycles. The molecule has 4 nitrogen and oxygen atoms in total. The fraction of sp³-hybridized carbons (Fsp3) is 0.500. The van der Waals surface area contributed by atoms with E-state index in [0.29, 0.717) is 5.96 Å². The molecule has 1 aliphatic rings. The summed E-state index contributed by atoms with van der Waals surface area (Å²) in [5.74, 6) is 0.645. The monoisotopic (exact) mass is 375 g/mol.